The van der Waals surface area contributed by atoms with E-state index in [0.29, 0.717) is 27.5 Å². The highest BCUT2D eigenvalue weighted by molar-refractivity contribution is 7.11. The van der Waals surface area contributed by atoms with Gasteiger partial charge in [-0.15, -0.1) is 11.3 Å². The van der Waals surface area contributed by atoms with Crippen LogP contribution in [-0.2, 0) is 6.18 Å². The largest absolute Gasteiger partial charge is 0.496 e. The van der Waals surface area contributed by atoms with Crippen molar-refractivity contribution in [3.63, 3.8) is 0 Å². The number of nitrogens with zero attached hydrogens (tertiary/aromatic N) is 1. The molecule has 108 valence electrons. The molecule has 0 aliphatic carbocycles. The molecule has 8 heteroatoms. The first-order chi connectivity index (χ1) is 9.47. The van der Waals surface area contributed by atoms with E-state index in [1.54, 1.807) is 24.3 Å². The average Bonchev–Trinajstić information content (AvgIpc) is 2.90. The standard InChI is InChI=1S/C12H12F3N3OS/c1-19-8-5-3-2-4-7(8)10(18-16)9-6-17-11(20-9)12(13,14)15/h2-6,10,18H,16H2,1H3. The lowest BCUT2D eigenvalue weighted by atomic mass is 10.1. The molecule has 2 rings (SSSR count). The van der Waals surface area contributed by atoms with Crippen LogP contribution in [0.15, 0.2) is 30.5 Å². The third kappa shape index (κ3) is 2.92. The van der Waals surface area contributed by atoms with E-state index >= 15 is 0 Å². The Morgan fingerprint density at radius 3 is 2.60 bits per heavy atom. The van der Waals surface area contributed by atoms with Gasteiger partial charge >= 0.3 is 6.18 Å². The molecule has 1 unspecified atom stereocenters. The van der Waals surface area contributed by atoms with Crippen LogP contribution in [0.3, 0.4) is 0 Å². The molecule has 0 aliphatic heterocycles. The van der Waals surface area contributed by atoms with Crippen molar-refractivity contribution < 1.29 is 17.9 Å². The molecule has 0 radical (unpaired) electrons. The van der Waals surface area contributed by atoms with Crippen molar-refractivity contribution >= 4 is 11.3 Å². The average molecular weight is 303 g/mol. The van der Waals surface area contributed by atoms with Gasteiger partial charge in [-0.3, -0.25) is 5.84 Å². The Bertz CT molecular complexity index is 585. The number of nitrogens with two attached hydrogens (primary N) is 1. The molecule has 0 fully saturated rings. The highest BCUT2D eigenvalue weighted by atomic mass is 32.1. The summed E-state index contributed by atoms with van der Waals surface area (Å²) >= 11 is 0.552. The SMILES string of the molecule is COc1ccccc1C(NN)c1cnc(C(F)(F)F)s1. The number of hydrogen-bond acceptors (Lipinski definition) is 5. The summed E-state index contributed by atoms with van der Waals surface area (Å²) in [6.07, 6.45) is -3.28. The zero-order chi connectivity index (χ0) is 14.8. The number of thiazole rings is 1. The number of halogens is 3. The maximum atomic E-state index is 12.6. The van der Waals surface area contributed by atoms with Crippen molar-refractivity contribution in [1.29, 1.82) is 0 Å². The topological polar surface area (TPSA) is 60.2 Å². The monoisotopic (exact) mass is 303 g/mol. The van der Waals surface area contributed by atoms with Crippen molar-refractivity contribution in [3.05, 3.63) is 45.9 Å². The van der Waals surface area contributed by atoms with Gasteiger partial charge in [0, 0.05) is 16.6 Å². The quantitative estimate of drug-likeness (QED) is 0.673. The van der Waals surface area contributed by atoms with Gasteiger partial charge in [0.15, 0.2) is 5.01 Å². The number of methoxy groups -OCH3 is 1. The summed E-state index contributed by atoms with van der Waals surface area (Å²) in [5, 5.41) is -0.900. The summed E-state index contributed by atoms with van der Waals surface area (Å²) in [4.78, 5) is 3.76. The maximum absolute atomic E-state index is 12.6. The number of hydrogen-bond donors (Lipinski definition) is 2. The molecule has 1 atom stereocenters. The Balaban J connectivity index is 2.40. The van der Waals surface area contributed by atoms with Gasteiger partial charge in [-0.2, -0.15) is 13.2 Å². The van der Waals surface area contributed by atoms with Crippen molar-refractivity contribution in [2.24, 2.45) is 5.84 Å². The number of nitrogens with one attached hydrogen (secondary N) is 1. The van der Waals surface area contributed by atoms with Gasteiger partial charge < -0.3 is 4.74 Å². The molecule has 0 saturated carbocycles. The van der Waals surface area contributed by atoms with E-state index < -0.39 is 17.2 Å². The van der Waals surface area contributed by atoms with E-state index in [1.165, 1.54) is 13.3 Å². The molecule has 0 spiro atoms. The van der Waals surface area contributed by atoms with Gasteiger partial charge in [-0.1, -0.05) is 18.2 Å². The summed E-state index contributed by atoms with van der Waals surface area (Å²) in [7, 11) is 1.49. The molecule has 4 nitrogen and oxygen atoms in total. The number of benzene rings is 1. The maximum Gasteiger partial charge on any atom is 0.443 e. The van der Waals surface area contributed by atoms with E-state index in [2.05, 4.69) is 10.4 Å². The Kier molecular flexibility index (Phi) is 4.26. The molecule has 2 aromatic rings. The van der Waals surface area contributed by atoms with Crippen LogP contribution in [-0.4, -0.2) is 12.1 Å². The summed E-state index contributed by atoms with van der Waals surface area (Å²) in [5.74, 6) is 6.01. The lowest BCUT2D eigenvalue weighted by molar-refractivity contribution is -0.137. The summed E-state index contributed by atoms with van der Waals surface area (Å²) in [6, 6.07) is 6.36. The molecular weight excluding hydrogens is 291 g/mol. The van der Waals surface area contributed by atoms with Crippen LogP contribution in [0.25, 0.3) is 0 Å². The van der Waals surface area contributed by atoms with Crippen LogP contribution in [0.2, 0.25) is 0 Å². The third-order valence-corrected chi connectivity index (χ3v) is 3.77. The van der Waals surface area contributed by atoms with Gasteiger partial charge in [-0.25, -0.2) is 10.4 Å². The van der Waals surface area contributed by atoms with Crippen LogP contribution in [0.1, 0.15) is 21.5 Å². The van der Waals surface area contributed by atoms with Gasteiger partial charge in [0.2, 0.25) is 0 Å². The lowest BCUT2D eigenvalue weighted by Gasteiger charge is -2.17. The zero-order valence-corrected chi connectivity index (χ0v) is 11.3. The minimum absolute atomic E-state index is 0.365. The second-order valence-corrected chi connectivity index (χ2v) is 4.97. The Labute approximate surface area is 117 Å². The van der Waals surface area contributed by atoms with Crippen molar-refractivity contribution in [2.45, 2.75) is 12.2 Å². The van der Waals surface area contributed by atoms with E-state index in [9.17, 15) is 13.2 Å². The fourth-order valence-corrected chi connectivity index (χ4v) is 2.64. The molecule has 1 aromatic heterocycles. The molecule has 0 saturated heterocycles. The van der Waals surface area contributed by atoms with E-state index in [1.807, 2.05) is 0 Å². The molecule has 0 aliphatic rings. The van der Waals surface area contributed by atoms with Crippen molar-refractivity contribution in [3.8, 4) is 5.75 Å². The summed E-state index contributed by atoms with van der Waals surface area (Å²) in [5.41, 5.74) is 3.15. The summed E-state index contributed by atoms with van der Waals surface area (Å²) < 4.78 is 43.0. The minimum Gasteiger partial charge on any atom is -0.496 e. The molecule has 0 amide bonds. The van der Waals surface area contributed by atoms with Gasteiger partial charge in [-0.05, 0) is 6.07 Å². The number of rotatable bonds is 4. The molecule has 3 N–H and O–H groups in total. The number of hydrazine groups is 1. The minimum atomic E-state index is -4.46. The van der Waals surface area contributed by atoms with E-state index in [4.69, 9.17) is 10.6 Å². The second-order valence-electron chi connectivity index (χ2n) is 3.91. The fourth-order valence-electron chi connectivity index (χ4n) is 1.78. The van der Waals surface area contributed by atoms with Crippen LogP contribution in [0.4, 0.5) is 13.2 Å². The molecule has 0 bridgehead atoms. The van der Waals surface area contributed by atoms with E-state index in [0.717, 1.165) is 0 Å². The normalized spacial score (nSPS) is 13.2. The molecule has 1 aromatic carbocycles. The lowest BCUT2D eigenvalue weighted by Crippen LogP contribution is -2.28. The van der Waals surface area contributed by atoms with Crippen LogP contribution in [0, 0.1) is 0 Å². The first kappa shape index (κ1) is 14.8. The first-order valence-corrected chi connectivity index (χ1v) is 6.41. The Hall–Kier alpha value is -1.64. The predicted octanol–water partition coefficient (Wildman–Crippen LogP) is 2.72. The van der Waals surface area contributed by atoms with Crippen LogP contribution < -0.4 is 16.0 Å². The third-order valence-electron chi connectivity index (χ3n) is 2.67. The predicted molar refractivity (Wildman–Crippen MR) is 69.3 cm³/mol. The molecular formula is C12H12F3N3OS. The summed E-state index contributed by atoms with van der Waals surface area (Å²) in [6.45, 7) is 0. The highest BCUT2D eigenvalue weighted by Crippen LogP contribution is 2.37. The number of para-hydroxylation sites is 1. The number of ether oxygens (including phenoxy) is 1. The number of aromatic nitrogens is 1. The highest BCUT2D eigenvalue weighted by Gasteiger charge is 2.35. The number of alkyl halides is 3. The van der Waals surface area contributed by atoms with Crippen molar-refractivity contribution in [2.75, 3.05) is 7.11 Å². The second kappa shape index (κ2) is 5.78. The molecule has 20 heavy (non-hydrogen) atoms. The fraction of sp³-hybridized carbons (Fsp3) is 0.250. The Morgan fingerprint density at radius 1 is 1.35 bits per heavy atom. The smallest absolute Gasteiger partial charge is 0.443 e. The Morgan fingerprint density at radius 2 is 2.05 bits per heavy atom. The van der Waals surface area contributed by atoms with Gasteiger partial charge in [0.05, 0.1) is 13.2 Å². The van der Waals surface area contributed by atoms with E-state index in [-0.39, 0.29) is 0 Å². The van der Waals surface area contributed by atoms with Crippen LogP contribution >= 0.6 is 11.3 Å². The molecule has 1 heterocycles. The van der Waals surface area contributed by atoms with Crippen molar-refractivity contribution in [1.82, 2.24) is 10.4 Å². The van der Waals surface area contributed by atoms with Gasteiger partial charge in [0.1, 0.15) is 5.75 Å². The van der Waals surface area contributed by atoms with Crippen LogP contribution in [0.5, 0.6) is 5.75 Å². The zero-order valence-electron chi connectivity index (χ0n) is 10.4. The first-order valence-electron chi connectivity index (χ1n) is 5.59. The van der Waals surface area contributed by atoms with Gasteiger partial charge in [0.25, 0.3) is 0 Å².